The quantitative estimate of drug-likeness (QED) is 0.570. The number of ether oxygens (including phenoxy) is 1. The normalized spacial score (nSPS) is 10.2. The average Bonchev–Trinajstić information content (AvgIpc) is 2.07. The van der Waals surface area contributed by atoms with Gasteiger partial charge < -0.3 is 4.74 Å². The molecule has 0 N–H and O–H groups in total. The van der Waals surface area contributed by atoms with Gasteiger partial charge in [0.2, 0.25) is 0 Å². The predicted molar refractivity (Wildman–Crippen MR) is 54.2 cm³/mol. The molecule has 0 aromatic heterocycles. The second-order valence-electron chi connectivity index (χ2n) is 2.13. The molecular weight excluding hydrogens is 215 g/mol. The molecule has 0 aliphatic carbocycles. The van der Waals surface area contributed by atoms with Crippen LogP contribution in [0.2, 0.25) is 10.0 Å². The summed E-state index contributed by atoms with van der Waals surface area (Å²) >= 11 is 13.2. The van der Waals surface area contributed by atoms with Crippen LogP contribution < -0.4 is 0 Å². The van der Waals surface area contributed by atoms with Crippen molar-refractivity contribution in [2.45, 2.75) is 4.90 Å². The Morgan fingerprint density at radius 1 is 1.42 bits per heavy atom. The number of hydrogen-bond acceptors (Lipinski definition) is 2. The third kappa shape index (κ3) is 2.87. The summed E-state index contributed by atoms with van der Waals surface area (Å²) in [6, 6.07) is 5.37. The van der Waals surface area contributed by atoms with Crippen molar-refractivity contribution in [3.05, 3.63) is 28.2 Å². The van der Waals surface area contributed by atoms with Crippen molar-refractivity contribution in [1.29, 1.82) is 0 Å². The molecule has 1 nitrogen and oxygen atoms in total. The van der Waals surface area contributed by atoms with Crippen LogP contribution in [0.15, 0.2) is 23.1 Å². The third-order valence-corrected chi connectivity index (χ3v) is 2.90. The Hall–Kier alpha value is 0.110. The molecule has 0 unspecified atom stereocenters. The number of benzene rings is 1. The monoisotopic (exact) mass is 222 g/mol. The molecule has 1 rings (SSSR count). The fourth-order valence-corrected chi connectivity index (χ4v) is 1.89. The van der Waals surface area contributed by atoms with E-state index in [1.54, 1.807) is 19.2 Å². The maximum absolute atomic E-state index is 5.90. The zero-order chi connectivity index (χ0) is 8.97. The van der Waals surface area contributed by atoms with Crippen LogP contribution in [0.25, 0.3) is 0 Å². The predicted octanol–water partition coefficient (Wildman–Crippen LogP) is 3.69. The highest BCUT2D eigenvalue weighted by molar-refractivity contribution is 7.99. The molecule has 4 heteroatoms. The van der Waals surface area contributed by atoms with Gasteiger partial charge in [0, 0.05) is 17.0 Å². The molecule has 0 spiro atoms. The Kier molecular flexibility index (Phi) is 4.22. The maximum atomic E-state index is 5.90. The van der Waals surface area contributed by atoms with E-state index < -0.39 is 0 Å². The lowest BCUT2D eigenvalue weighted by Crippen LogP contribution is -1.82. The zero-order valence-electron chi connectivity index (χ0n) is 6.51. The van der Waals surface area contributed by atoms with E-state index in [1.807, 2.05) is 6.07 Å². The largest absolute Gasteiger partial charge is 0.374 e. The van der Waals surface area contributed by atoms with Gasteiger partial charge in [0.15, 0.2) is 0 Å². The number of hydrogen-bond donors (Lipinski definition) is 0. The summed E-state index contributed by atoms with van der Waals surface area (Å²) in [5.74, 6) is 0.583. The van der Waals surface area contributed by atoms with Gasteiger partial charge in [-0.2, -0.15) is 0 Å². The lowest BCUT2D eigenvalue weighted by Gasteiger charge is -2.02. The zero-order valence-corrected chi connectivity index (χ0v) is 8.84. The first-order valence-electron chi connectivity index (χ1n) is 3.31. The first kappa shape index (κ1) is 10.2. The summed E-state index contributed by atoms with van der Waals surface area (Å²) in [7, 11) is 1.64. The second kappa shape index (κ2) is 4.97. The fourth-order valence-electron chi connectivity index (χ4n) is 0.710. The summed E-state index contributed by atoms with van der Waals surface area (Å²) < 4.78 is 4.90. The molecule has 1 aromatic carbocycles. The van der Waals surface area contributed by atoms with Gasteiger partial charge in [-0.15, -0.1) is 0 Å². The summed E-state index contributed by atoms with van der Waals surface area (Å²) in [5, 5.41) is 1.40. The van der Waals surface area contributed by atoms with E-state index in [0.717, 1.165) is 4.90 Å². The molecule has 0 heterocycles. The molecule has 12 heavy (non-hydrogen) atoms. The molecule has 0 saturated heterocycles. The van der Waals surface area contributed by atoms with Gasteiger partial charge in [0.05, 0.1) is 11.0 Å². The lowest BCUT2D eigenvalue weighted by molar-refractivity contribution is 0.259. The average molecular weight is 223 g/mol. The number of halogens is 2. The second-order valence-corrected chi connectivity index (χ2v) is 3.93. The van der Waals surface area contributed by atoms with Gasteiger partial charge in [0.25, 0.3) is 0 Å². The molecule has 0 bridgehead atoms. The molecule has 0 aliphatic rings. The standard InChI is InChI=1S/C8H8Cl2OS/c1-11-5-12-8-4-6(9)2-3-7(8)10/h2-4H,5H2,1H3. The van der Waals surface area contributed by atoms with E-state index >= 15 is 0 Å². The Bertz CT molecular complexity index is 265. The van der Waals surface area contributed by atoms with E-state index in [-0.39, 0.29) is 0 Å². The smallest absolute Gasteiger partial charge is 0.0963 e. The molecule has 0 amide bonds. The van der Waals surface area contributed by atoms with E-state index in [1.165, 1.54) is 11.8 Å². The van der Waals surface area contributed by atoms with Crippen molar-refractivity contribution in [3.8, 4) is 0 Å². The van der Waals surface area contributed by atoms with Crippen molar-refractivity contribution < 1.29 is 4.74 Å². The van der Waals surface area contributed by atoms with Crippen molar-refractivity contribution in [2.24, 2.45) is 0 Å². The highest BCUT2D eigenvalue weighted by atomic mass is 35.5. The lowest BCUT2D eigenvalue weighted by atomic mass is 10.4. The fraction of sp³-hybridized carbons (Fsp3) is 0.250. The molecule has 66 valence electrons. The molecule has 0 atom stereocenters. The first-order valence-corrected chi connectivity index (χ1v) is 5.05. The minimum atomic E-state index is 0.583. The minimum absolute atomic E-state index is 0.583. The van der Waals surface area contributed by atoms with E-state index in [2.05, 4.69) is 0 Å². The Morgan fingerprint density at radius 2 is 2.17 bits per heavy atom. The Morgan fingerprint density at radius 3 is 2.83 bits per heavy atom. The summed E-state index contributed by atoms with van der Waals surface area (Å²) in [5.41, 5.74) is 0. The molecule has 1 aromatic rings. The first-order chi connectivity index (χ1) is 5.74. The third-order valence-electron chi connectivity index (χ3n) is 1.23. The van der Waals surface area contributed by atoms with Crippen LogP contribution in [-0.4, -0.2) is 13.0 Å². The van der Waals surface area contributed by atoms with Crippen molar-refractivity contribution >= 4 is 35.0 Å². The Labute approximate surface area is 86.0 Å². The van der Waals surface area contributed by atoms with Gasteiger partial charge in [-0.1, -0.05) is 35.0 Å². The van der Waals surface area contributed by atoms with Crippen molar-refractivity contribution in [1.82, 2.24) is 0 Å². The number of methoxy groups -OCH3 is 1. The topological polar surface area (TPSA) is 9.23 Å². The number of thioether (sulfide) groups is 1. The number of rotatable bonds is 3. The molecule has 0 saturated carbocycles. The van der Waals surface area contributed by atoms with Crippen molar-refractivity contribution in [3.63, 3.8) is 0 Å². The van der Waals surface area contributed by atoms with E-state index in [4.69, 9.17) is 27.9 Å². The van der Waals surface area contributed by atoms with Crippen LogP contribution in [-0.2, 0) is 4.74 Å². The van der Waals surface area contributed by atoms with Gasteiger partial charge in [0.1, 0.15) is 0 Å². The molecule has 0 fully saturated rings. The van der Waals surface area contributed by atoms with Gasteiger partial charge >= 0.3 is 0 Å². The van der Waals surface area contributed by atoms with Crippen LogP contribution >= 0.6 is 35.0 Å². The summed E-state index contributed by atoms with van der Waals surface area (Å²) in [4.78, 5) is 0.950. The molecular formula is C8H8Cl2OS. The van der Waals surface area contributed by atoms with Crippen molar-refractivity contribution in [2.75, 3.05) is 13.0 Å². The van der Waals surface area contributed by atoms with Crippen LogP contribution in [0.5, 0.6) is 0 Å². The van der Waals surface area contributed by atoms with Gasteiger partial charge in [-0.05, 0) is 18.2 Å². The van der Waals surface area contributed by atoms with Crippen LogP contribution in [0.4, 0.5) is 0 Å². The summed E-state index contributed by atoms with van der Waals surface area (Å²) in [6.45, 7) is 0. The highest BCUT2D eigenvalue weighted by Gasteiger charge is 2.00. The van der Waals surface area contributed by atoms with Crippen LogP contribution in [0, 0.1) is 0 Å². The SMILES string of the molecule is COCSc1cc(Cl)ccc1Cl. The Balaban J connectivity index is 2.75. The summed E-state index contributed by atoms with van der Waals surface area (Å²) in [6.07, 6.45) is 0. The van der Waals surface area contributed by atoms with E-state index in [9.17, 15) is 0 Å². The maximum Gasteiger partial charge on any atom is 0.0963 e. The molecule has 0 radical (unpaired) electrons. The highest BCUT2D eigenvalue weighted by Crippen LogP contribution is 2.29. The minimum Gasteiger partial charge on any atom is -0.374 e. The van der Waals surface area contributed by atoms with Gasteiger partial charge in [-0.3, -0.25) is 0 Å². The van der Waals surface area contributed by atoms with Gasteiger partial charge in [-0.25, -0.2) is 0 Å². The molecule has 0 aliphatic heterocycles. The van der Waals surface area contributed by atoms with Crippen LogP contribution in [0.3, 0.4) is 0 Å². The van der Waals surface area contributed by atoms with E-state index in [0.29, 0.717) is 16.0 Å². The van der Waals surface area contributed by atoms with Crippen LogP contribution in [0.1, 0.15) is 0 Å².